The number of nitrogens with one attached hydrogen (secondary N) is 1. The van der Waals surface area contributed by atoms with E-state index < -0.39 is 22.5 Å². The standard InChI is InChI=1S/C20H19N3O6S/c1-20(2,3)19-22-18(23-29-19)11-4-7-15-14(8-11)13-6-5-12(9-16(13)28-15)30(26,27)21-10-17(24)25/h4-9,21H,10H2,1-3H3,(H,24,25). The fourth-order valence-corrected chi connectivity index (χ4v) is 3.94. The molecule has 2 aromatic carbocycles. The molecule has 30 heavy (non-hydrogen) atoms. The molecule has 2 heterocycles. The molecule has 2 N–H and O–H groups in total. The summed E-state index contributed by atoms with van der Waals surface area (Å²) in [6.45, 7) is 5.24. The van der Waals surface area contributed by atoms with Crippen LogP contribution in [0.5, 0.6) is 0 Å². The molecule has 9 nitrogen and oxygen atoms in total. The molecule has 0 unspecified atom stereocenters. The van der Waals surface area contributed by atoms with E-state index in [-0.39, 0.29) is 10.3 Å². The van der Waals surface area contributed by atoms with Gasteiger partial charge in [0.1, 0.15) is 17.7 Å². The minimum absolute atomic E-state index is 0.0801. The first kappa shape index (κ1) is 20.0. The second-order valence-corrected chi connectivity index (χ2v) is 9.63. The monoisotopic (exact) mass is 429 g/mol. The van der Waals surface area contributed by atoms with Crippen LogP contribution in [0, 0.1) is 0 Å². The number of carboxylic acid groups (broad SMARTS) is 1. The second kappa shape index (κ2) is 6.92. The molecule has 4 rings (SSSR count). The van der Waals surface area contributed by atoms with Crippen molar-refractivity contribution in [3.63, 3.8) is 0 Å². The summed E-state index contributed by atoms with van der Waals surface area (Å²) in [6, 6.07) is 9.81. The molecule has 0 amide bonds. The number of furan rings is 1. The zero-order valence-electron chi connectivity index (χ0n) is 16.5. The lowest BCUT2D eigenvalue weighted by molar-refractivity contribution is -0.135. The number of aliphatic carboxylic acids is 1. The summed E-state index contributed by atoms with van der Waals surface area (Å²) < 4.78 is 37.7. The normalized spacial score (nSPS) is 12.6. The van der Waals surface area contributed by atoms with E-state index in [1.165, 1.54) is 12.1 Å². The van der Waals surface area contributed by atoms with Crippen molar-refractivity contribution in [3.05, 3.63) is 42.3 Å². The van der Waals surface area contributed by atoms with Gasteiger partial charge in [-0.1, -0.05) is 25.9 Å². The van der Waals surface area contributed by atoms with E-state index in [4.69, 9.17) is 14.0 Å². The Morgan fingerprint density at radius 2 is 1.87 bits per heavy atom. The van der Waals surface area contributed by atoms with E-state index >= 15 is 0 Å². The van der Waals surface area contributed by atoms with Gasteiger partial charge < -0.3 is 14.0 Å². The topological polar surface area (TPSA) is 136 Å². The molecule has 2 aromatic heterocycles. The largest absolute Gasteiger partial charge is 0.480 e. The van der Waals surface area contributed by atoms with E-state index in [1.54, 1.807) is 18.2 Å². The SMILES string of the molecule is CC(C)(C)c1nc(-c2ccc3oc4cc(S(=O)(=O)NCC(=O)O)ccc4c3c2)no1. The van der Waals surface area contributed by atoms with Gasteiger partial charge in [-0.15, -0.1) is 0 Å². The van der Waals surface area contributed by atoms with Crippen LogP contribution in [0.2, 0.25) is 0 Å². The molecule has 0 radical (unpaired) electrons. The number of sulfonamides is 1. The summed E-state index contributed by atoms with van der Waals surface area (Å²) >= 11 is 0. The minimum Gasteiger partial charge on any atom is -0.480 e. The first-order valence-electron chi connectivity index (χ1n) is 9.07. The first-order valence-corrected chi connectivity index (χ1v) is 10.6. The summed E-state index contributed by atoms with van der Waals surface area (Å²) in [6.07, 6.45) is 0. The Kier molecular flexibility index (Phi) is 4.63. The Balaban J connectivity index is 1.75. The quantitative estimate of drug-likeness (QED) is 0.493. The van der Waals surface area contributed by atoms with Gasteiger partial charge in [-0.25, -0.2) is 8.42 Å². The molecule has 0 atom stereocenters. The average Bonchev–Trinajstić information content (AvgIpc) is 3.30. The van der Waals surface area contributed by atoms with Crippen molar-refractivity contribution < 1.29 is 27.3 Å². The third kappa shape index (κ3) is 3.66. The average molecular weight is 429 g/mol. The molecule has 0 saturated heterocycles. The van der Waals surface area contributed by atoms with Gasteiger partial charge in [0, 0.05) is 27.8 Å². The zero-order chi connectivity index (χ0) is 21.7. The van der Waals surface area contributed by atoms with Crippen LogP contribution in [-0.2, 0) is 20.2 Å². The van der Waals surface area contributed by atoms with Gasteiger partial charge in [0.05, 0.1) is 4.90 Å². The number of hydrogen-bond acceptors (Lipinski definition) is 7. The number of carbonyl (C=O) groups is 1. The van der Waals surface area contributed by atoms with Crippen LogP contribution in [0.1, 0.15) is 26.7 Å². The fraction of sp³-hybridized carbons (Fsp3) is 0.250. The highest BCUT2D eigenvalue weighted by atomic mass is 32.2. The number of carboxylic acids is 1. The highest BCUT2D eigenvalue weighted by Crippen LogP contribution is 2.33. The molecule has 0 aliphatic heterocycles. The Morgan fingerprint density at radius 1 is 1.10 bits per heavy atom. The summed E-state index contributed by atoms with van der Waals surface area (Å²) in [5, 5.41) is 14.2. The summed E-state index contributed by atoms with van der Waals surface area (Å²) in [7, 11) is -3.97. The number of nitrogens with zero attached hydrogens (tertiary/aromatic N) is 2. The van der Waals surface area contributed by atoms with Crippen LogP contribution in [0.3, 0.4) is 0 Å². The molecule has 0 spiro atoms. The van der Waals surface area contributed by atoms with Gasteiger partial charge in [-0.2, -0.15) is 9.71 Å². The Bertz CT molecular complexity index is 1380. The summed E-state index contributed by atoms with van der Waals surface area (Å²) in [5.74, 6) is -0.293. The highest BCUT2D eigenvalue weighted by Gasteiger charge is 2.23. The molecule has 0 aliphatic rings. The van der Waals surface area contributed by atoms with Crippen molar-refractivity contribution in [2.24, 2.45) is 0 Å². The number of rotatable bonds is 5. The van der Waals surface area contributed by atoms with E-state index in [0.29, 0.717) is 28.3 Å². The van der Waals surface area contributed by atoms with Crippen LogP contribution in [-0.4, -0.2) is 36.2 Å². The molecule has 0 aliphatic carbocycles. The number of benzene rings is 2. The van der Waals surface area contributed by atoms with Gasteiger partial charge >= 0.3 is 5.97 Å². The van der Waals surface area contributed by atoms with Gasteiger partial charge in [-0.05, 0) is 30.3 Å². The van der Waals surface area contributed by atoms with Gasteiger partial charge in [0.15, 0.2) is 0 Å². The van der Waals surface area contributed by atoms with Crippen molar-refractivity contribution in [1.29, 1.82) is 0 Å². The van der Waals surface area contributed by atoms with Crippen molar-refractivity contribution in [1.82, 2.24) is 14.9 Å². The molecule has 156 valence electrons. The van der Waals surface area contributed by atoms with E-state index in [9.17, 15) is 13.2 Å². The number of aromatic nitrogens is 2. The van der Waals surface area contributed by atoms with Gasteiger partial charge in [0.2, 0.25) is 21.7 Å². The maximum Gasteiger partial charge on any atom is 0.318 e. The minimum atomic E-state index is -3.97. The maximum atomic E-state index is 12.3. The molecular formula is C20H19N3O6S. The van der Waals surface area contributed by atoms with Crippen LogP contribution in [0.25, 0.3) is 33.3 Å². The molecule has 10 heteroatoms. The van der Waals surface area contributed by atoms with E-state index in [1.807, 2.05) is 31.6 Å². The van der Waals surface area contributed by atoms with Gasteiger partial charge in [-0.3, -0.25) is 4.79 Å². The lowest BCUT2D eigenvalue weighted by Crippen LogP contribution is -2.29. The van der Waals surface area contributed by atoms with Crippen LogP contribution >= 0.6 is 0 Å². The third-order valence-corrected chi connectivity index (χ3v) is 5.89. The van der Waals surface area contributed by atoms with Crippen LogP contribution in [0.15, 0.2) is 50.2 Å². The third-order valence-electron chi connectivity index (χ3n) is 4.49. The Labute approximate surface area is 171 Å². The van der Waals surface area contributed by atoms with Crippen molar-refractivity contribution >= 4 is 37.9 Å². The summed E-state index contributed by atoms with van der Waals surface area (Å²) in [5.41, 5.74) is 1.41. The van der Waals surface area contributed by atoms with Crippen LogP contribution in [0.4, 0.5) is 0 Å². The van der Waals surface area contributed by atoms with E-state index in [0.717, 1.165) is 10.9 Å². The molecule has 0 fully saturated rings. The predicted molar refractivity (Wildman–Crippen MR) is 109 cm³/mol. The Morgan fingerprint density at radius 3 is 2.53 bits per heavy atom. The second-order valence-electron chi connectivity index (χ2n) is 7.86. The van der Waals surface area contributed by atoms with Crippen LogP contribution < -0.4 is 4.72 Å². The summed E-state index contributed by atoms with van der Waals surface area (Å²) in [4.78, 5) is 15.0. The maximum absolute atomic E-state index is 12.3. The predicted octanol–water partition coefficient (Wildman–Crippen LogP) is 3.30. The number of hydrogen-bond donors (Lipinski definition) is 2. The molecule has 4 aromatic rings. The van der Waals surface area contributed by atoms with Crippen molar-refractivity contribution in [2.75, 3.05) is 6.54 Å². The van der Waals surface area contributed by atoms with Crippen molar-refractivity contribution in [3.8, 4) is 11.4 Å². The number of fused-ring (bicyclic) bond motifs is 3. The highest BCUT2D eigenvalue weighted by molar-refractivity contribution is 7.89. The molecule has 0 bridgehead atoms. The zero-order valence-corrected chi connectivity index (χ0v) is 17.3. The smallest absolute Gasteiger partial charge is 0.318 e. The molecular weight excluding hydrogens is 410 g/mol. The van der Waals surface area contributed by atoms with Crippen molar-refractivity contribution in [2.45, 2.75) is 31.1 Å². The lowest BCUT2D eigenvalue weighted by atomic mass is 9.97. The fourth-order valence-electron chi connectivity index (χ4n) is 2.95. The van der Waals surface area contributed by atoms with E-state index in [2.05, 4.69) is 10.1 Å². The van der Waals surface area contributed by atoms with Gasteiger partial charge in [0.25, 0.3) is 0 Å². The lowest BCUT2D eigenvalue weighted by Gasteiger charge is -2.10. The Hall–Kier alpha value is -3.24. The molecule has 0 saturated carbocycles. The first-order chi connectivity index (χ1) is 14.0.